The summed E-state index contributed by atoms with van der Waals surface area (Å²) in [5.74, 6) is -0.251. The van der Waals surface area contributed by atoms with Crippen LogP contribution in [0.3, 0.4) is 0 Å². The summed E-state index contributed by atoms with van der Waals surface area (Å²) in [4.78, 5) is 26.3. The van der Waals surface area contributed by atoms with E-state index < -0.39 is 5.97 Å². The van der Waals surface area contributed by atoms with Crippen LogP contribution >= 0.6 is 0 Å². The molecule has 1 heterocycles. The van der Waals surface area contributed by atoms with Gasteiger partial charge in [0.25, 0.3) is 5.91 Å². The molecular weight excluding hydrogens is 360 g/mol. The number of esters is 1. The molecule has 0 radical (unpaired) electrons. The minimum atomic E-state index is -0.484. The van der Waals surface area contributed by atoms with Crippen molar-refractivity contribution in [3.63, 3.8) is 0 Å². The molecule has 0 atom stereocenters. The molecule has 7 heteroatoms. The zero-order valence-corrected chi connectivity index (χ0v) is 15.8. The second-order valence-corrected chi connectivity index (χ2v) is 6.34. The van der Waals surface area contributed by atoms with Crippen LogP contribution in [0.1, 0.15) is 5.56 Å². The van der Waals surface area contributed by atoms with Crippen molar-refractivity contribution in [2.24, 2.45) is 0 Å². The first-order valence-corrected chi connectivity index (χ1v) is 9.16. The van der Waals surface area contributed by atoms with E-state index in [1.807, 2.05) is 36.4 Å². The van der Waals surface area contributed by atoms with E-state index in [0.717, 1.165) is 32.0 Å². The predicted molar refractivity (Wildman–Crippen MR) is 106 cm³/mol. The third-order valence-electron chi connectivity index (χ3n) is 4.42. The number of amides is 1. The van der Waals surface area contributed by atoms with Crippen molar-refractivity contribution in [1.82, 2.24) is 0 Å². The molecule has 1 amide bonds. The average molecular weight is 384 g/mol. The monoisotopic (exact) mass is 384 g/mol. The highest BCUT2D eigenvalue weighted by Gasteiger charge is 2.13. The Hall–Kier alpha value is -3.06. The molecule has 0 unspecified atom stereocenters. The Labute approximate surface area is 164 Å². The Morgan fingerprint density at radius 2 is 1.79 bits per heavy atom. The molecular formula is C21H24N2O5. The van der Waals surface area contributed by atoms with E-state index in [1.165, 1.54) is 0 Å². The van der Waals surface area contributed by atoms with Crippen LogP contribution in [0.25, 0.3) is 0 Å². The van der Waals surface area contributed by atoms with E-state index in [9.17, 15) is 9.59 Å². The number of rotatable bonds is 7. The quantitative estimate of drug-likeness (QED) is 0.738. The zero-order chi connectivity index (χ0) is 19.8. The van der Waals surface area contributed by atoms with Crippen LogP contribution in [0.4, 0.5) is 11.4 Å². The minimum Gasteiger partial charge on any atom is -0.496 e. The second kappa shape index (κ2) is 9.75. The molecule has 2 aromatic carbocycles. The summed E-state index contributed by atoms with van der Waals surface area (Å²) in [6.07, 6.45) is 0.0472. The number of anilines is 2. The van der Waals surface area contributed by atoms with Gasteiger partial charge in [-0.2, -0.15) is 0 Å². The number of hydrogen-bond acceptors (Lipinski definition) is 6. The van der Waals surface area contributed by atoms with Gasteiger partial charge in [-0.25, -0.2) is 0 Å². The zero-order valence-electron chi connectivity index (χ0n) is 15.8. The maximum absolute atomic E-state index is 12.0. The van der Waals surface area contributed by atoms with Crippen LogP contribution in [0.2, 0.25) is 0 Å². The molecule has 3 rings (SSSR count). The fourth-order valence-electron chi connectivity index (χ4n) is 2.98. The van der Waals surface area contributed by atoms with Crippen LogP contribution in [0.5, 0.6) is 5.75 Å². The average Bonchev–Trinajstić information content (AvgIpc) is 2.74. The molecule has 28 heavy (non-hydrogen) atoms. The number of morpholine rings is 1. The van der Waals surface area contributed by atoms with E-state index in [2.05, 4.69) is 10.2 Å². The van der Waals surface area contributed by atoms with Gasteiger partial charge in [0.05, 0.1) is 26.7 Å². The summed E-state index contributed by atoms with van der Waals surface area (Å²) in [7, 11) is 1.54. The van der Waals surface area contributed by atoms with Gasteiger partial charge in [0.15, 0.2) is 6.61 Å². The number of benzene rings is 2. The standard InChI is InChI=1S/C21H24N2O5/c1-26-19-5-3-2-4-16(19)14-21(25)28-15-20(24)22-17-6-8-18(9-7-17)23-10-12-27-13-11-23/h2-9H,10-15H2,1H3,(H,22,24). The summed E-state index contributed by atoms with van der Waals surface area (Å²) < 4.78 is 15.6. The Kier molecular flexibility index (Phi) is 6.86. The van der Waals surface area contributed by atoms with Crippen molar-refractivity contribution in [3.8, 4) is 5.75 Å². The van der Waals surface area contributed by atoms with E-state index in [-0.39, 0.29) is 18.9 Å². The van der Waals surface area contributed by atoms with Crippen LogP contribution < -0.4 is 15.0 Å². The number of carbonyl (C=O) groups excluding carboxylic acids is 2. The highest BCUT2D eigenvalue weighted by atomic mass is 16.5. The van der Waals surface area contributed by atoms with Crippen molar-refractivity contribution in [1.29, 1.82) is 0 Å². The molecule has 1 saturated heterocycles. The molecule has 0 spiro atoms. The molecule has 148 valence electrons. The smallest absolute Gasteiger partial charge is 0.310 e. The van der Waals surface area contributed by atoms with Crippen LogP contribution in [0.15, 0.2) is 48.5 Å². The number of hydrogen-bond donors (Lipinski definition) is 1. The topological polar surface area (TPSA) is 77.1 Å². The van der Waals surface area contributed by atoms with E-state index in [0.29, 0.717) is 17.0 Å². The van der Waals surface area contributed by atoms with Crippen molar-refractivity contribution >= 4 is 23.3 Å². The lowest BCUT2D eigenvalue weighted by Gasteiger charge is -2.28. The Bertz CT molecular complexity index is 801. The number of ether oxygens (including phenoxy) is 3. The van der Waals surface area contributed by atoms with Gasteiger partial charge in [0.2, 0.25) is 0 Å². The normalized spacial score (nSPS) is 13.7. The van der Waals surface area contributed by atoms with Gasteiger partial charge in [0, 0.05) is 30.0 Å². The van der Waals surface area contributed by atoms with Crippen molar-refractivity contribution < 1.29 is 23.8 Å². The maximum Gasteiger partial charge on any atom is 0.310 e. The van der Waals surface area contributed by atoms with Crippen molar-refractivity contribution in [2.45, 2.75) is 6.42 Å². The van der Waals surface area contributed by atoms with E-state index >= 15 is 0 Å². The lowest BCUT2D eigenvalue weighted by molar-refractivity contribution is -0.146. The molecule has 0 aromatic heterocycles. The summed E-state index contributed by atoms with van der Waals surface area (Å²) in [5.41, 5.74) is 2.46. The van der Waals surface area contributed by atoms with Gasteiger partial charge in [-0.15, -0.1) is 0 Å². The number of carbonyl (C=O) groups is 2. The summed E-state index contributed by atoms with van der Waals surface area (Å²) in [5, 5.41) is 2.73. The number of para-hydroxylation sites is 1. The summed E-state index contributed by atoms with van der Waals surface area (Å²) in [6.45, 7) is 2.82. The molecule has 1 aliphatic rings. The SMILES string of the molecule is COc1ccccc1CC(=O)OCC(=O)Nc1ccc(N2CCOCC2)cc1. The van der Waals surface area contributed by atoms with Crippen LogP contribution in [0, 0.1) is 0 Å². The molecule has 1 fully saturated rings. The second-order valence-electron chi connectivity index (χ2n) is 6.34. The highest BCUT2D eigenvalue weighted by molar-refractivity contribution is 5.93. The lowest BCUT2D eigenvalue weighted by Crippen LogP contribution is -2.36. The minimum absolute atomic E-state index is 0.0472. The molecule has 1 N–H and O–H groups in total. The van der Waals surface area contributed by atoms with Gasteiger partial charge in [-0.3, -0.25) is 9.59 Å². The van der Waals surface area contributed by atoms with Crippen molar-refractivity contribution in [3.05, 3.63) is 54.1 Å². The first-order valence-electron chi connectivity index (χ1n) is 9.16. The number of nitrogens with one attached hydrogen (secondary N) is 1. The molecule has 2 aromatic rings. The van der Waals surface area contributed by atoms with Gasteiger partial charge in [-0.05, 0) is 30.3 Å². The molecule has 0 saturated carbocycles. The summed E-state index contributed by atoms with van der Waals surface area (Å²) >= 11 is 0. The summed E-state index contributed by atoms with van der Waals surface area (Å²) in [6, 6.07) is 14.8. The van der Waals surface area contributed by atoms with Crippen molar-refractivity contribution in [2.75, 3.05) is 50.2 Å². The Morgan fingerprint density at radius 3 is 2.50 bits per heavy atom. The van der Waals surface area contributed by atoms with E-state index in [1.54, 1.807) is 19.2 Å². The largest absolute Gasteiger partial charge is 0.496 e. The first-order chi connectivity index (χ1) is 13.7. The fourth-order valence-corrected chi connectivity index (χ4v) is 2.98. The lowest BCUT2D eigenvalue weighted by atomic mass is 10.1. The van der Waals surface area contributed by atoms with Gasteiger partial charge in [-0.1, -0.05) is 18.2 Å². The molecule has 0 bridgehead atoms. The number of nitrogens with zero attached hydrogens (tertiary/aromatic N) is 1. The van der Waals surface area contributed by atoms with Crippen LogP contribution in [-0.2, 0) is 25.5 Å². The Morgan fingerprint density at radius 1 is 1.07 bits per heavy atom. The van der Waals surface area contributed by atoms with Crippen LogP contribution in [-0.4, -0.2) is 51.9 Å². The molecule has 7 nitrogen and oxygen atoms in total. The molecule has 1 aliphatic heterocycles. The van der Waals surface area contributed by atoms with Gasteiger partial charge in [0.1, 0.15) is 5.75 Å². The Balaban J connectivity index is 1.45. The third kappa shape index (κ3) is 5.47. The maximum atomic E-state index is 12.0. The first kappa shape index (κ1) is 19.7. The fraction of sp³-hybridized carbons (Fsp3) is 0.333. The third-order valence-corrected chi connectivity index (χ3v) is 4.42. The number of methoxy groups -OCH3 is 1. The molecule has 0 aliphatic carbocycles. The van der Waals surface area contributed by atoms with Gasteiger partial charge < -0.3 is 24.4 Å². The highest BCUT2D eigenvalue weighted by Crippen LogP contribution is 2.19. The van der Waals surface area contributed by atoms with Gasteiger partial charge >= 0.3 is 5.97 Å². The predicted octanol–water partition coefficient (Wildman–Crippen LogP) is 2.26. The van der Waals surface area contributed by atoms with E-state index in [4.69, 9.17) is 14.2 Å².